The van der Waals surface area contributed by atoms with E-state index >= 15 is 0 Å². The Morgan fingerprint density at radius 2 is 2.00 bits per heavy atom. The normalized spacial score (nSPS) is 10.2. The van der Waals surface area contributed by atoms with E-state index in [-0.39, 0.29) is 16.1 Å². The molecule has 2 rings (SSSR count). The summed E-state index contributed by atoms with van der Waals surface area (Å²) in [7, 11) is 0. The maximum absolute atomic E-state index is 13.4. The molecule has 0 aliphatic heterocycles. The number of rotatable bonds is 3. The van der Waals surface area contributed by atoms with Gasteiger partial charge in [-0.2, -0.15) is 0 Å². The molecule has 2 aromatic rings. The molecule has 1 heterocycles. The number of carboxylic acids is 1. The van der Waals surface area contributed by atoms with E-state index in [9.17, 15) is 14.0 Å². The first-order chi connectivity index (χ1) is 8.99. The average molecular weight is 279 g/mol. The Morgan fingerprint density at radius 3 is 2.63 bits per heavy atom. The van der Waals surface area contributed by atoms with Gasteiger partial charge in [-0.25, -0.2) is 9.18 Å². The summed E-state index contributed by atoms with van der Waals surface area (Å²) in [5.74, 6) is -2.44. The molecular weight excluding hydrogens is 269 g/mol. The van der Waals surface area contributed by atoms with Crippen molar-refractivity contribution in [1.29, 1.82) is 0 Å². The maximum Gasteiger partial charge on any atom is 0.348 e. The number of carbonyl (C=O) groups excluding carboxylic acids is 1. The second-order valence-corrected chi connectivity index (χ2v) is 5.10. The van der Waals surface area contributed by atoms with Crippen LogP contribution in [0, 0.1) is 12.7 Å². The number of nitrogens with one attached hydrogen (secondary N) is 1. The summed E-state index contributed by atoms with van der Waals surface area (Å²) in [5.41, 5.74) is 0.0611. The third-order valence-corrected chi connectivity index (χ3v) is 3.45. The number of halogens is 1. The highest BCUT2D eigenvalue weighted by atomic mass is 32.1. The van der Waals surface area contributed by atoms with Crippen LogP contribution in [0.25, 0.3) is 0 Å². The van der Waals surface area contributed by atoms with Crippen LogP contribution < -0.4 is 5.32 Å². The summed E-state index contributed by atoms with van der Waals surface area (Å²) < 4.78 is 13.4. The van der Waals surface area contributed by atoms with Gasteiger partial charge in [0.15, 0.2) is 0 Å². The maximum atomic E-state index is 13.4. The molecule has 0 radical (unpaired) electrons. The summed E-state index contributed by atoms with van der Waals surface area (Å²) >= 11 is 1.06. The zero-order chi connectivity index (χ0) is 14.0. The molecule has 19 heavy (non-hydrogen) atoms. The number of thiophene rings is 1. The van der Waals surface area contributed by atoms with Gasteiger partial charge >= 0.3 is 5.97 Å². The van der Waals surface area contributed by atoms with Crippen LogP contribution in [0.4, 0.5) is 10.1 Å². The van der Waals surface area contributed by atoms with Crippen molar-refractivity contribution in [1.82, 2.24) is 0 Å². The fourth-order valence-corrected chi connectivity index (χ4v) is 2.41. The lowest BCUT2D eigenvalue weighted by Crippen LogP contribution is -2.14. The first-order valence-corrected chi connectivity index (χ1v) is 6.20. The third kappa shape index (κ3) is 2.79. The monoisotopic (exact) mass is 279 g/mol. The lowest BCUT2D eigenvalue weighted by molar-refractivity contribution is 0.0703. The Balaban J connectivity index is 2.29. The van der Waals surface area contributed by atoms with Crippen molar-refractivity contribution < 1.29 is 19.1 Å². The van der Waals surface area contributed by atoms with Gasteiger partial charge in [0.25, 0.3) is 5.91 Å². The fourth-order valence-electron chi connectivity index (χ4n) is 1.60. The predicted molar refractivity (Wildman–Crippen MR) is 70.4 cm³/mol. The van der Waals surface area contributed by atoms with E-state index in [4.69, 9.17) is 5.11 Å². The SMILES string of the molecule is Cc1cc(NC(=O)c2ccccc2F)c(C(=O)O)s1. The number of benzene rings is 1. The van der Waals surface area contributed by atoms with Gasteiger partial charge < -0.3 is 10.4 Å². The minimum absolute atomic E-state index is 0.0298. The molecule has 6 heteroatoms. The van der Waals surface area contributed by atoms with Crippen LogP contribution in [0.1, 0.15) is 24.9 Å². The Bertz CT molecular complexity index is 651. The quantitative estimate of drug-likeness (QED) is 0.907. The number of anilines is 1. The van der Waals surface area contributed by atoms with Crippen LogP contribution in [-0.4, -0.2) is 17.0 Å². The van der Waals surface area contributed by atoms with E-state index in [1.165, 1.54) is 24.3 Å². The Hall–Kier alpha value is -2.21. The minimum atomic E-state index is -1.12. The highest BCUT2D eigenvalue weighted by molar-refractivity contribution is 7.14. The Morgan fingerprint density at radius 1 is 1.32 bits per heavy atom. The molecule has 0 saturated heterocycles. The average Bonchev–Trinajstić information content (AvgIpc) is 2.70. The van der Waals surface area contributed by atoms with Gasteiger partial charge in [0.1, 0.15) is 10.7 Å². The van der Waals surface area contributed by atoms with Crippen molar-refractivity contribution in [2.45, 2.75) is 6.92 Å². The molecule has 0 aliphatic carbocycles. The van der Waals surface area contributed by atoms with Crippen LogP contribution in [0.3, 0.4) is 0 Å². The molecule has 0 aliphatic rings. The van der Waals surface area contributed by atoms with Crippen molar-refractivity contribution in [3.8, 4) is 0 Å². The van der Waals surface area contributed by atoms with Crippen molar-refractivity contribution in [3.05, 3.63) is 51.5 Å². The molecular formula is C13H10FNO3S. The molecule has 0 bridgehead atoms. The first kappa shape index (κ1) is 13.2. The second-order valence-electron chi connectivity index (χ2n) is 3.84. The summed E-state index contributed by atoms with van der Waals surface area (Å²) in [5, 5.41) is 11.4. The standard InChI is InChI=1S/C13H10FNO3S/c1-7-6-10(11(19-7)13(17)18)15-12(16)8-4-2-3-5-9(8)14/h2-6H,1H3,(H,15,16)(H,17,18). The summed E-state index contributed by atoms with van der Waals surface area (Å²) in [6.45, 7) is 1.73. The molecule has 1 aromatic carbocycles. The lowest BCUT2D eigenvalue weighted by Gasteiger charge is -2.05. The smallest absolute Gasteiger partial charge is 0.348 e. The number of hydrogen-bond acceptors (Lipinski definition) is 3. The van der Waals surface area contributed by atoms with Crippen molar-refractivity contribution in [2.24, 2.45) is 0 Å². The molecule has 0 unspecified atom stereocenters. The topological polar surface area (TPSA) is 66.4 Å². The molecule has 4 nitrogen and oxygen atoms in total. The Kier molecular flexibility index (Phi) is 3.62. The van der Waals surface area contributed by atoms with Crippen molar-refractivity contribution in [3.63, 3.8) is 0 Å². The number of amides is 1. The number of carbonyl (C=O) groups is 2. The highest BCUT2D eigenvalue weighted by Gasteiger charge is 2.18. The van der Waals surface area contributed by atoms with Gasteiger partial charge in [-0.3, -0.25) is 4.79 Å². The number of aryl methyl sites for hydroxylation is 1. The molecule has 1 aromatic heterocycles. The third-order valence-electron chi connectivity index (χ3n) is 2.42. The molecule has 0 spiro atoms. The van der Waals surface area contributed by atoms with E-state index in [1.807, 2.05) is 0 Å². The van der Waals surface area contributed by atoms with Gasteiger partial charge in [0.05, 0.1) is 11.3 Å². The number of hydrogen-bond donors (Lipinski definition) is 2. The van der Waals surface area contributed by atoms with Gasteiger partial charge in [-0.15, -0.1) is 11.3 Å². The minimum Gasteiger partial charge on any atom is -0.477 e. The number of aromatic carboxylic acids is 1. The van der Waals surface area contributed by atoms with E-state index < -0.39 is 17.7 Å². The van der Waals surface area contributed by atoms with E-state index in [0.29, 0.717) is 0 Å². The van der Waals surface area contributed by atoms with Crippen LogP contribution in [0.5, 0.6) is 0 Å². The highest BCUT2D eigenvalue weighted by Crippen LogP contribution is 2.27. The van der Waals surface area contributed by atoms with Gasteiger partial charge in [-0.05, 0) is 25.1 Å². The van der Waals surface area contributed by atoms with E-state index in [2.05, 4.69) is 5.32 Å². The zero-order valence-electron chi connectivity index (χ0n) is 9.94. The summed E-state index contributed by atoms with van der Waals surface area (Å²) in [6, 6.07) is 7.07. The van der Waals surface area contributed by atoms with E-state index in [1.54, 1.807) is 13.0 Å². The summed E-state index contributed by atoms with van der Waals surface area (Å²) in [4.78, 5) is 23.7. The molecule has 0 saturated carbocycles. The predicted octanol–water partition coefficient (Wildman–Crippen LogP) is 3.15. The lowest BCUT2D eigenvalue weighted by atomic mass is 10.2. The molecule has 0 atom stereocenters. The zero-order valence-corrected chi connectivity index (χ0v) is 10.8. The van der Waals surface area contributed by atoms with Crippen LogP contribution in [-0.2, 0) is 0 Å². The van der Waals surface area contributed by atoms with Gasteiger partial charge in [0.2, 0.25) is 0 Å². The van der Waals surface area contributed by atoms with Crippen molar-refractivity contribution >= 4 is 28.9 Å². The fraction of sp³-hybridized carbons (Fsp3) is 0.0769. The molecule has 1 amide bonds. The molecule has 2 N–H and O–H groups in total. The molecule has 0 fully saturated rings. The molecule has 98 valence electrons. The van der Waals surface area contributed by atoms with Crippen LogP contribution in [0.15, 0.2) is 30.3 Å². The van der Waals surface area contributed by atoms with Crippen LogP contribution >= 0.6 is 11.3 Å². The largest absolute Gasteiger partial charge is 0.477 e. The van der Waals surface area contributed by atoms with E-state index in [0.717, 1.165) is 16.2 Å². The summed E-state index contributed by atoms with van der Waals surface area (Å²) in [6.07, 6.45) is 0. The second kappa shape index (κ2) is 5.19. The Labute approximate surface area is 112 Å². The first-order valence-electron chi connectivity index (χ1n) is 5.38. The van der Waals surface area contributed by atoms with Crippen molar-refractivity contribution in [2.75, 3.05) is 5.32 Å². The number of carboxylic acid groups (broad SMARTS) is 1. The van der Waals surface area contributed by atoms with Crippen LogP contribution in [0.2, 0.25) is 0 Å². The van der Waals surface area contributed by atoms with Gasteiger partial charge in [0, 0.05) is 4.88 Å². The van der Waals surface area contributed by atoms with Gasteiger partial charge in [-0.1, -0.05) is 12.1 Å².